The van der Waals surface area contributed by atoms with Crippen LogP contribution in [0.25, 0.3) is 10.9 Å². The number of aryl methyl sites for hydroxylation is 1. The highest BCUT2D eigenvalue weighted by Crippen LogP contribution is 2.33. The van der Waals surface area contributed by atoms with Gasteiger partial charge in [0.15, 0.2) is 6.10 Å². The average molecular weight is 363 g/mol. The summed E-state index contributed by atoms with van der Waals surface area (Å²) in [6.07, 6.45) is -0.726. The minimum absolute atomic E-state index is 0.0795. The predicted molar refractivity (Wildman–Crippen MR) is 104 cm³/mol. The number of aromatic nitrogens is 1. The van der Waals surface area contributed by atoms with Crippen LogP contribution < -0.4 is 15.0 Å². The minimum Gasteiger partial charge on any atom is -0.477 e. The third-order valence-corrected chi connectivity index (χ3v) is 4.92. The lowest BCUT2D eigenvalue weighted by Crippen LogP contribution is -2.50. The van der Waals surface area contributed by atoms with E-state index in [1.165, 1.54) is 0 Å². The summed E-state index contributed by atoms with van der Waals surface area (Å²) in [5.74, 6) is 0.216. The number of para-hydroxylation sites is 3. The third kappa shape index (κ3) is 3.03. The summed E-state index contributed by atoms with van der Waals surface area (Å²) in [4.78, 5) is 27.0. The van der Waals surface area contributed by atoms with Gasteiger partial charge in [-0.2, -0.15) is 0 Å². The summed E-state index contributed by atoms with van der Waals surface area (Å²) in [5.41, 5.74) is 2.73. The Balaban J connectivity index is 1.67. The van der Waals surface area contributed by atoms with Gasteiger partial charge in [-0.05, 0) is 36.6 Å². The van der Waals surface area contributed by atoms with E-state index in [2.05, 4.69) is 11.4 Å². The highest BCUT2D eigenvalue weighted by Gasteiger charge is 2.33. The molecule has 1 aliphatic heterocycles. The number of anilines is 1. The van der Waals surface area contributed by atoms with Gasteiger partial charge in [-0.15, -0.1) is 0 Å². The number of likely N-dealkylation sites (N-methyl/N-ethyl adjacent to an activating group) is 1. The lowest BCUT2D eigenvalue weighted by molar-refractivity contribution is -0.128. The second kappa shape index (κ2) is 6.79. The SMILES string of the molecule is CNC(=O)C1CN(C(=O)Cn2c(C)cc3ccccc32)c2ccccc2O1. The van der Waals surface area contributed by atoms with Gasteiger partial charge < -0.3 is 19.5 Å². The molecule has 2 amide bonds. The monoisotopic (exact) mass is 363 g/mol. The summed E-state index contributed by atoms with van der Waals surface area (Å²) < 4.78 is 7.79. The molecule has 0 aliphatic carbocycles. The fourth-order valence-electron chi connectivity index (χ4n) is 3.55. The molecule has 1 aliphatic rings. The van der Waals surface area contributed by atoms with Gasteiger partial charge >= 0.3 is 0 Å². The Kier molecular flexibility index (Phi) is 4.32. The molecule has 27 heavy (non-hydrogen) atoms. The van der Waals surface area contributed by atoms with Gasteiger partial charge in [0, 0.05) is 18.3 Å². The molecular weight excluding hydrogens is 342 g/mol. The second-order valence-corrected chi connectivity index (χ2v) is 6.62. The molecule has 6 heteroatoms. The number of hydrogen-bond acceptors (Lipinski definition) is 3. The van der Waals surface area contributed by atoms with E-state index in [0.29, 0.717) is 11.4 Å². The maximum Gasteiger partial charge on any atom is 0.262 e. The predicted octanol–water partition coefficient (Wildman–Crippen LogP) is 2.49. The van der Waals surface area contributed by atoms with E-state index in [4.69, 9.17) is 4.74 Å². The van der Waals surface area contributed by atoms with Crippen LogP contribution in [0.4, 0.5) is 5.69 Å². The Morgan fingerprint density at radius 2 is 1.89 bits per heavy atom. The van der Waals surface area contributed by atoms with Crippen LogP contribution in [0, 0.1) is 6.92 Å². The summed E-state index contributed by atoms with van der Waals surface area (Å²) in [6, 6.07) is 17.4. The lowest BCUT2D eigenvalue weighted by atomic mass is 10.1. The summed E-state index contributed by atoms with van der Waals surface area (Å²) >= 11 is 0. The van der Waals surface area contributed by atoms with Crippen LogP contribution in [0.5, 0.6) is 5.75 Å². The van der Waals surface area contributed by atoms with Gasteiger partial charge in [0.25, 0.3) is 5.91 Å². The molecule has 0 fully saturated rings. The molecule has 0 saturated heterocycles. The van der Waals surface area contributed by atoms with E-state index in [1.54, 1.807) is 18.0 Å². The summed E-state index contributed by atoms with van der Waals surface area (Å²) in [7, 11) is 1.56. The Labute approximate surface area is 157 Å². The summed E-state index contributed by atoms with van der Waals surface area (Å²) in [6.45, 7) is 2.38. The molecule has 6 nitrogen and oxygen atoms in total. The molecule has 0 spiro atoms. The zero-order valence-corrected chi connectivity index (χ0v) is 15.3. The van der Waals surface area contributed by atoms with Crippen LogP contribution >= 0.6 is 0 Å². The van der Waals surface area contributed by atoms with Gasteiger partial charge in [-0.25, -0.2) is 0 Å². The van der Waals surface area contributed by atoms with Crippen molar-refractivity contribution in [3.05, 3.63) is 60.3 Å². The van der Waals surface area contributed by atoms with E-state index in [0.717, 1.165) is 16.6 Å². The second-order valence-electron chi connectivity index (χ2n) is 6.62. The third-order valence-electron chi connectivity index (χ3n) is 4.92. The van der Waals surface area contributed by atoms with Crippen molar-refractivity contribution in [1.82, 2.24) is 9.88 Å². The highest BCUT2D eigenvalue weighted by molar-refractivity contribution is 5.98. The van der Waals surface area contributed by atoms with Crippen LogP contribution in [0.2, 0.25) is 0 Å². The quantitative estimate of drug-likeness (QED) is 0.778. The Morgan fingerprint density at radius 1 is 1.15 bits per heavy atom. The molecule has 3 aromatic rings. The van der Waals surface area contributed by atoms with Crippen molar-refractivity contribution in [1.29, 1.82) is 0 Å². The summed E-state index contributed by atoms with van der Waals surface area (Å²) in [5, 5.41) is 3.70. The van der Waals surface area contributed by atoms with Crippen molar-refractivity contribution in [3.63, 3.8) is 0 Å². The molecule has 0 radical (unpaired) electrons. The largest absolute Gasteiger partial charge is 0.477 e. The lowest BCUT2D eigenvalue weighted by Gasteiger charge is -2.34. The molecule has 2 heterocycles. The van der Waals surface area contributed by atoms with Gasteiger partial charge in [-0.3, -0.25) is 9.59 Å². The highest BCUT2D eigenvalue weighted by atomic mass is 16.5. The zero-order chi connectivity index (χ0) is 19.0. The molecule has 138 valence electrons. The number of ether oxygens (including phenoxy) is 1. The van der Waals surface area contributed by atoms with Crippen LogP contribution in [0.1, 0.15) is 5.69 Å². The first kappa shape index (κ1) is 17.1. The molecule has 1 aromatic heterocycles. The normalized spacial score (nSPS) is 15.9. The number of nitrogens with zero attached hydrogens (tertiary/aromatic N) is 2. The molecular formula is C21H21N3O3. The van der Waals surface area contributed by atoms with Crippen molar-refractivity contribution >= 4 is 28.4 Å². The first-order valence-corrected chi connectivity index (χ1v) is 8.91. The van der Waals surface area contributed by atoms with Crippen LogP contribution in [-0.4, -0.2) is 36.1 Å². The van der Waals surface area contributed by atoms with Crippen LogP contribution in [-0.2, 0) is 16.1 Å². The van der Waals surface area contributed by atoms with Crippen molar-refractivity contribution in [2.24, 2.45) is 0 Å². The maximum atomic E-state index is 13.2. The molecule has 1 unspecified atom stereocenters. The van der Waals surface area contributed by atoms with Crippen LogP contribution in [0.15, 0.2) is 54.6 Å². The zero-order valence-electron chi connectivity index (χ0n) is 15.3. The average Bonchev–Trinajstić information content (AvgIpc) is 3.01. The topological polar surface area (TPSA) is 63.6 Å². The molecule has 0 saturated carbocycles. The fourth-order valence-corrected chi connectivity index (χ4v) is 3.55. The van der Waals surface area contributed by atoms with Gasteiger partial charge in [0.2, 0.25) is 5.91 Å². The van der Waals surface area contributed by atoms with Gasteiger partial charge in [-0.1, -0.05) is 30.3 Å². The Morgan fingerprint density at radius 3 is 2.70 bits per heavy atom. The van der Waals surface area contributed by atoms with Crippen molar-refractivity contribution in [2.45, 2.75) is 19.6 Å². The van der Waals surface area contributed by atoms with E-state index in [9.17, 15) is 9.59 Å². The fraction of sp³-hybridized carbons (Fsp3) is 0.238. The first-order valence-electron chi connectivity index (χ1n) is 8.91. The molecule has 4 rings (SSSR count). The number of carbonyl (C=O) groups excluding carboxylic acids is 2. The number of benzene rings is 2. The number of nitrogens with one attached hydrogen (secondary N) is 1. The van der Waals surface area contributed by atoms with Crippen molar-refractivity contribution in [3.8, 4) is 5.75 Å². The molecule has 1 atom stereocenters. The number of hydrogen-bond donors (Lipinski definition) is 1. The number of fused-ring (bicyclic) bond motifs is 2. The minimum atomic E-state index is -0.726. The Hall–Kier alpha value is -3.28. The van der Waals surface area contributed by atoms with Gasteiger partial charge in [0.05, 0.1) is 12.2 Å². The molecule has 2 aromatic carbocycles. The molecule has 1 N–H and O–H groups in total. The maximum absolute atomic E-state index is 13.2. The number of carbonyl (C=O) groups is 2. The molecule has 0 bridgehead atoms. The van der Waals surface area contributed by atoms with Gasteiger partial charge in [0.1, 0.15) is 12.3 Å². The smallest absolute Gasteiger partial charge is 0.262 e. The van der Waals surface area contributed by atoms with E-state index in [1.807, 2.05) is 54.0 Å². The van der Waals surface area contributed by atoms with E-state index < -0.39 is 6.10 Å². The van der Waals surface area contributed by atoms with Crippen LogP contribution in [0.3, 0.4) is 0 Å². The first-order chi connectivity index (χ1) is 13.1. The Bertz CT molecular complexity index is 1020. The van der Waals surface area contributed by atoms with E-state index in [-0.39, 0.29) is 24.9 Å². The van der Waals surface area contributed by atoms with E-state index >= 15 is 0 Å². The van der Waals surface area contributed by atoms with Crippen molar-refractivity contribution < 1.29 is 14.3 Å². The standard InChI is InChI=1S/C21H21N3O3/c1-14-11-15-7-3-4-8-16(15)23(14)13-20(25)24-12-19(21(26)22-2)27-18-10-6-5-9-17(18)24/h3-11,19H,12-13H2,1-2H3,(H,22,26). The van der Waals surface area contributed by atoms with Crippen molar-refractivity contribution in [2.75, 3.05) is 18.5 Å². The number of rotatable bonds is 3. The number of amides is 2.